The number of nitrogens with one attached hydrogen (secondary N) is 1. The van der Waals surface area contributed by atoms with E-state index < -0.39 is 17.4 Å². The zero-order valence-electron chi connectivity index (χ0n) is 12.5. The number of methoxy groups -OCH3 is 1. The van der Waals surface area contributed by atoms with Crippen molar-refractivity contribution in [1.82, 2.24) is 5.32 Å². The van der Waals surface area contributed by atoms with Gasteiger partial charge in [-0.15, -0.1) is 0 Å². The predicted octanol–water partition coefficient (Wildman–Crippen LogP) is 1.19. The minimum absolute atomic E-state index is 0.00761. The van der Waals surface area contributed by atoms with Gasteiger partial charge in [-0.25, -0.2) is 0 Å². The number of hydrogen-bond donors (Lipinski definition) is 1. The van der Waals surface area contributed by atoms with Crippen molar-refractivity contribution in [3.63, 3.8) is 0 Å². The minimum Gasteiger partial charge on any atom is -0.469 e. The minimum atomic E-state index is -0.752. The molecule has 1 aromatic rings. The van der Waals surface area contributed by atoms with Crippen molar-refractivity contribution < 1.29 is 23.9 Å². The molecule has 22 heavy (non-hydrogen) atoms. The molecule has 1 aromatic carbocycles. The highest BCUT2D eigenvalue weighted by Crippen LogP contribution is 2.35. The molecule has 6 heteroatoms. The highest BCUT2D eigenvalue weighted by molar-refractivity contribution is 5.83. The van der Waals surface area contributed by atoms with E-state index in [1.54, 1.807) is 0 Å². The summed E-state index contributed by atoms with van der Waals surface area (Å²) in [6.07, 6.45) is 0.152. The molecule has 1 fully saturated rings. The summed E-state index contributed by atoms with van der Waals surface area (Å²) in [5, 5.41) is 2.66. The lowest BCUT2D eigenvalue weighted by atomic mass is 9.80. The molecule has 1 atom stereocenters. The van der Waals surface area contributed by atoms with E-state index in [4.69, 9.17) is 4.74 Å². The first kappa shape index (κ1) is 16.0. The first-order chi connectivity index (χ1) is 10.5. The number of rotatable bonds is 6. The van der Waals surface area contributed by atoms with Gasteiger partial charge in [-0.3, -0.25) is 14.4 Å². The van der Waals surface area contributed by atoms with E-state index in [1.807, 2.05) is 30.3 Å². The van der Waals surface area contributed by atoms with Gasteiger partial charge in [0.05, 0.1) is 20.0 Å². The summed E-state index contributed by atoms with van der Waals surface area (Å²) in [5.74, 6) is -1.03. The van der Waals surface area contributed by atoms with Crippen LogP contribution in [0.15, 0.2) is 30.3 Å². The zero-order chi connectivity index (χ0) is 16.0. The molecule has 1 unspecified atom stereocenters. The summed E-state index contributed by atoms with van der Waals surface area (Å²) in [4.78, 5) is 35.0. The van der Waals surface area contributed by atoms with Crippen molar-refractivity contribution in [3.8, 4) is 0 Å². The molecule has 1 N–H and O–H groups in total. The van der Waals surface area contributed by atoms with Gasteiger partial charge in [0.2, 0.25) is 5.91 Å². The van der Waals surface area contributed by atoms with Crippen LogP contribution in [0.3, 0.4) is 0 Å². The van der Waals surface area contributed by atoms with Gasteiger partial charge in [-0.2, -0.15) is 0 Å². The molecular formula is C16H19NO5. The fraction of sp³-hybridized carbons (Fsp3) is 0.438. The van der Waals surface area contributed by atoms with Crippen molar-refractivity contribution in [2.75, 3.05) is 13.7 Å². The summed E-state index contributed by atoms with van der Waals surface area (Å²) in [6.45, 7) is 0.455. The van der Waals surface area contributed by atoms with Crippen molar-refractivity contribution in [2.45, 2.75) is 25.9 Å². The van der Waals surface area contributed by atoms with Crippen LogP contribution in [0.2, 0.25) is 0 Å². The normalized spacial score (nSPS) is 20.3. The second-order valence-electron chi connectivity index (χ2n) is 5.53. The number of esters is 2. The van der Waals surface area contributed by atoms with Crippen LogP contribution < -0.4 is 5.32 Å². The molecule has 0 radical (unpaired) electrons. The topological polar surface area (TPSA) is 81.7 Å². The van der Waals surface area contributed by atoms with Crippen molar-refractivity contribution >= 4 is 17.8 Å². The highest BCUT2D eigenvalue weighted by Gasteiger charge is 2.42. The third-order valence-electron chi connectivity index (χ3n) is 3.71. The second-order valence-corrected chi connectivity index (χ2v) is 5.53. The van der Waals surface area contributed by atoms with Crippen LogP contribution in [0.1, 0.15) is 24.8 Å². The summed E-state index contributed by atoms with van der Waals surface area (Å²) >= 11 is 0. The van der Waals surface area contributed by atoms with Gasteiger partial charge in [0.1, 0.15) is 6.61 Å². The van der Waals surface area contributed by atoms with Gasteiger partial charge >= 0.3 is 11.9 Å². The van der Waals surface area contributed by atoms with E-state index in [9.17, 15) is 14.4 Å². The maximum absolute atomic E-state index is 12.0. The van der Waals surface area contributed by atoms with E-state index in [-0.39, 0.29) is 38.3 Å². The Morgan fingerprint density at radius 3 is 2.45 bits per heavy atom. The molecule has 0 aromatic heterocycles. The SMILES string of the molecule is COC(=O)CC1(CC(=O)OCc2ccccc2)CNC(=O)C1. The standard InChI is InChI=1S/C16H19NO5/c1-21-14(19)8-16(7-13(18)17-11-16)9-15(20)22-10-12-5-3-2-4-6-12/h2-6H,7-11H2,1H3,(H,17,18). The lowest BCUT2D eigenvalue weighted by molar-refractivity contribution is -0.149. The number of benzene rings is 1. The summed E-state index contributed by atoms with van der Waals surface area (Å²) in [7, 11) is 1.29. The predicted molar refractivity (Wildman–Crippen MR) is 77.5 cm³/mol. The van der Waals surface area contributed by atoms with Gasteiger partial charge in [0.25, 0.3) is 0 Å². The molecule has 1 aliphatic rings. The van der Waals surface area contributed by atoms with Crippen molar-refractivity contribution in [3.05, 3.63) is 35.9 Å². The van der Waals surface area contributed by atoms with Gasteiger partial charge in [-0.1, -0.05) is 30.3 Å². The molecule has 2 rings (SSSR count). The molecule has 1 heterocycles. The van der Waals surface area contributed by atoms with Gasteiger partial charge < -0.3 is 14.8 Å². The van der Waals surface area contributed by atoms with E-state index >= 15 is 0 Å². The Kier molecular flexibility index (Phi) is 5.14. The molecule has 0 spiro atoms. The second kappa shape index (κ2) is 7.06. The van der Waals surface area contributed by atoms with Crippen LogP contribution in [0.5, 0.6) is 0 Å². The lowest BCUT2D eigenvalue weighted by Crippen LogP contribution is -2.31. The fourth-order valence-corrected chi connectivity index (χ4v) is 2.54. The van der Waals surface area contributed by atoms with Crippen LogP contribution in [-0.4, -0.2) is 31.5 Å². The molecule has 1 aliphatic heterocycles. The quantitative estimate of drug-likeness (QED) is 0.798. The maximum Gasteiger partial charge on any atom is 0.306 e. The number of amides is 1. The monoisotopic (exact) mass is 305 g/mol. The first-order valence-electron chi connectivity index (χ1n) is 7.06. The zero-order valence-corrected chi connectivity index (χ0v) is 12.5. The lowest BCUT2D eigenvalue weighted by Gasteiger charge is -2.24. The largest absolute Gasteiger partial charge is 0.469 e. The molecule has 1 amide bonds. The number of hydrogen-bond acceptors (Lipinski definition) is 5. The Hall–Kier alpha value is -2.37. The van der Waals surface area contributed by atoms with Gasteiger partial charge in [-0.05, 0) is 5.56 Å². The number of carbonyl (C=O) groups is 3. The van der Waals surface area contributed by atoms with E-state index in [1.165, 1.54) is 7.11 Å². The Labute approximate surface area is 128 Å². The van der Waals surface area contributed by atoms with Crippen LogP contribution >= 0.6 is 0 Å². The molecular weight excluding hydrogens is 286 g/mol. The summed E-state index contributed by atoms with van der Waals surface area (Å²) in [6, 6.07) is 9.33. The third-order valence-corrected chi connectivity index (χ3v) is 3.71. The van der Waals surface area contributed by atoms with Gasteiger partial charge in [0, 0.05) is 18.4 Å². The smallest absolute Gasteiger partial charge is 0.306 e. The third kappa shape index (κ3) is 4.31. The average Bonchev–Trinajstić information content (AvgIpc) is 2.86. The molecule has 6 nitrogen and oxygen atoms in total. The molecule has 1 saturated heterocycles. The molecule has 0 bridgehead atoms. The van der Waals surface area contributed by atoms with Crippen LogP contribution in [-0.2, 0) is 30.5 Å². The maximum atomic E-state index is 12.0. The van der Waals surface area contributed by atoms with E-state index in [0.717, 1.165) is 5.56 Å². The van der Waals surface area contributed by atoms with Crippen LogP contribution in [0, 0.1) is 5.41 Å². The summed E-state index contributed by atoms with van der Waals surface area (Å²) < 4.78 is 9.89. The first-order valence-corrected chi connectivity index (χ1v) is 7.06. The highest BCUT2D eigenvalue weighted by atomic mass is 16.5. The summed E-state index contributed by atoms with van der Waals surface area (Å²) in [5.41, 5.74) is 0.135. The molecule has 0 saturated carbocycles. The molecule has 118 valence electrons. The van der Waals surface area contributed by atoms with Gasteiger partial charge in [0.15, 0.2) is 0 Å². The number of ether oxygens (including phenoxy) is 2. The van der Waals surface area contributed by atoms with Crippen LogP contribution in [0.25, 0.3) is 0 Å². The Morgan fingerprint density at radius 1 is 1.18 bits per heavy atom. The Balaban J connectivity index is 1.93. The molecule has 0 aliphatic carbocycles. The Morgan fingerprint density at radius 2 is 1.86 bits per heavy atom. The van der Waals surface area contributed by atoms with E-state index in [2.05, 4.69) is 10.1 Å². The Bertz CT molecular complexity index is 557. The van der Waals surface area contributed by atoms with E-state index in [0.29, 0.717) is 0 Å². The average molecular weight is 305 g/mol. The van der Waals surface area contributed by atoms with Crippen molar-refractivity contribution in [1.29, 1.82) is 0 Å². The number of carbonyl (C=O) groups excluding carboxylic acids is 3. The van der Waals surface area contributed by atoms with Crippen LogP contribution in [0.4, 0.5) is 0 Å². The van der Waals surface area contributed by atoms with Crippen molar-refractivity contribution in [2.24, 2.45) is 5.41 Å². The fourth-order valence-electron chi connectivity index (χ4n) is 2.54.